The third-order valence-corrected chi connectivity index (χ3v) is 3.84. The van der Waals surface area contributed by atoms with E-state index in [-0.39, 0.29) is 5.78 Å². The third kappa shape index (κ3) is 3.35. The number of hydrogen-bond acceptors (Lipinski definition) is 2. The molecule has 0 atom stereocenters. The Morgan fingerprint density at radius 2 is 2.17 bits per heavy atom. The minimum absolute atomic E-state index is 0.142. The molecular formula is C15H20BrNO. The van der Waals surface area contributed by atoms with E-state index in [0.717, 1.165) is 41.2 Å². The van der Waals surface area contributed by atoms with Crippen LogP contribution in [0, 0.1) is 5.92 Å². The van der Waals surface area contributed by atoms with Crippen LogP contribution in [0.15, 0.2) is 22.7 Å². The minimum Gasteiger partial charge on any atom is -0.371 e. The molecule has 1 aliphatic rings. The Morgan fingerprint density at radius 1 is 1.44 bits per heavy atom. The molecule has 1 fully saturated rings. The molecule has 1 saturated carbocycles. The Hall–Kier alpha value is -0.830. The normalized spacial score (nSPS) is 14.6. The topological polar surface area (TPSA) is 20.3 Å². The number of hydrogen-bond donors (Lipinski definition) is 0. The van der Waals surface area contributed by atoms with Gasteiger partial charge in [0.2, 0.25) is 0 Å². The SMILES string of the molecule is CCCN(CC1CC1)c1ccc(Br)cc1C(C)=O. The van der Waals surface area contributed by atoms with Gasteiger partial charge < -0.3 is 4.90 Å². The van der Waals surface area contributed by atoms with Crippen LogP contribution in [0.1, 0.15) is 43.5 Å². The van der Waals surface area contributed by atoms with Gasteiger partial charge in [-0.25, -0.2) is 0 Å². The van der Waals surface area contributed by atoms with E-state index in [1.807, 2.05) is 12.1 Å². The van der Waals surface area contributed by atoms with Gasteiger partial charge in [0.15, 0.2) is 5.78 Å². The number of rotatable bonds is 6. The second kappa shape index (κ2) is 5.87. The average Bonchev–Trinajstić information content (AvgIpc) is 3.12. The Balaban J connectivity index is 2.29. The van der Waals surface area contributed by atoms with E-state index < -0.39 is 0 Å². The number of nitrogens with zero attached hydrogens (tertiary/aromatic N) is 1. The molecule has 1 aromatic rings. The largest absolute Gasteiger partial charge is 0.371 e. The highest BCUT2D eigenvalue weighted by Crippen LogP contribution is 2.33. The maximum atomic E-state index is 11.8. The summed E-state index contributed by atoms with van der Waals surface area (Å²) in [6, 6.07) is 6.03. The van der Waals surface area contributed by atoms with Crippen LogP contribution in [-0.2, 0) is 0 Å². The summed E-state index contributed by atoms with van der Waals surface area (Å²) in [4.78, 5) is 14.2. The first kappa shape index (κ1) is 13.6. The molecule has 0 aliphatic heterocycles. The molecular weight excluding hydrogens is 290 g/mol. The number of ketones is 1. The van der Waals surface area contributed by atoms with Gasteiger partial charge in [0, 0.05) is 28.8 Å². The molecule has 2 rings (SSSR count). The van der Waals surface area contributed by atoms with E-state index in [2.05, 4.69) is 33.8 Å². The van der Waals surface area contributed by atoms with Crippen LogP contribution in [0.5, 0.6) is 0 Å². The van der Waals surface area contributed by atoms with Gasteiger partial charge in [-0.05, 0) is 50.3 Å². The van der Waals surface area contributed by atoms with E-state index in [4.69, 9.17) is 0 Å². The lowest BCUT2D eigenvalue weighted by atomic mass is 10.1. The second-order valence-corrected chi connectivity index (χ2v) is 6.02. The minimum atomic E-state index is 0.142. The predicted molar refractivity (Wildman–Crippen MR) is 79.4 cm³/mol. The van der Waals surface area contributed by atoms with E-state index in [1.165, 1.54) is 12.8 Å². The molecule has 0 saturated heterocycles. The lowest BCUT2D eigenvalue weighted by molar-refractivity contribution is 0.101. The summed E-state index contributed by atoms with van der Waals surface area (Å²) in [5.41, 5.74) is 1.93. The highest BCUT2D eigenvalue weighted by Gasteiger charge is 2.25. The van der Waals surface area contributed by atoms with Crippen LogP contribution in [0.25, 0.3) is 0 Å². The molecule has 1 aliphatic carbocycles. The smallest absolute Gasteiger partial charge is 0.161 e. The third-order valence-electron chi connectivity index (χ3n) is 3.35. The molecule has 1 aromatic carbocycles. The molecule has 0 heterocycles. The number of carbonyl (C=O) groups excluding carboxylic acids is 1. The Bertz CT molecular complexity index is 440. The molecule has 0 aromatic heterocycles. The molecule has 98 valence electrons. The molecule has 0 N–H and O–H groups in total. The quantitative estimate of drug-likeness (QED) is 0.731. The summed E-state index contributed by atoms with van der Waals surface area (Å²) < 4.78 is 0.972. The highest BCUT2D eigenvalue weighted by atomic mass is 79.9. The van der Waals surface area contributed by atoms with Gasteiger partial charge in [-0.3, -0.25) is 4.79 Å². The van der Waals surface area contributed by atoms with Crippen LogP contribution < -0.4 is 4.90 Å². The summed E-state index contributed by atoms with van der Waals surface area (Å²) in [5, 5.41) is 0. The van der Waals surface area contributed by atoms with Crippen molar-refractivity contribution in [2.75, 3.05) is 18.0 Å². The number of carbonyl (C=O) groups is 1. The van der Waals surface area contributed by atoms with Gasteiger partial charge in [-0.2, -0.15) is 0 Å². The highest BCUT2D eigenvalue weighted by molar-refractivity contribution is 9.10. The van der Waals surface area contributed by atoms with Crippen LogP contribution in [0.3, 0.4) is 0 Å². The fourth-order valence-corrected chi connectivity index (χ4v) is 2.62. The Morgan fingerprint density at radius 3 is 2.72 bits per heavy atom. The number of Topliss-reactive ketones (excluding diaryl/α,β-unsaturated/α-hetero) is 1. The number of anilines is 1. The number of benzene rings is 1. The monoisotopic (exact) mass is 309 g/mol. The molecule has 3 heteroatoms. The van der Waals surface area contributed by atoms with Crippen molar-refractivity contribution in [2.24, 2.45) is 5.92 Å². The lowest BCUT2D eigenvalue weighted by Gasteiger charge is -2.26. The van der Waals surface area contributed by atoms with Crippen molar-refractivity contribution in [1.82, 2.24) is 0 Å². The summed E-state index contributed by atoms with van der Waals surface area (Å²) in [7, 11) is 0. The van der Waals surface area contributed by atoms with Crippen molar-refractivity contribution >= 4 is 27.4 Å². The van der Waals surface area contributed by atoms with Crippen LogP contribution in [-0.4, -0.2) is 18.9 Å². The zero-order valence-corrected chi connectivity index (χ0v) is 12.7. The van der Waals surface area contributed by atoms with Crippen LogP contribution >= 0.6 is 15.9 Å². The van der Waals surface area contributed by atoms with Crippen molar-refractivity contribution in [3.8, 4) is 0 Å². The van der Waals surface area contributed by atoms with Gasteiger partial charge >= 0.3 is 0 Å². The predicted octanol–water partition coefficient (Wildman–Crippen LogP) is 4.28. The van der Waals surface area contributed by atoms with Crippen molar-refractivity contribution < 1.29 is 4.79 Å². The summed E-state index contributed by atoms with van der Waals surface area (Å²) >= 11 is 3.45. The van der Waals surface area contributed by atoms with Crippen LogP contribution in [0.2, 0.25) is 0 Å². The summed E-state index contributed by atoms with van der Waals surface area (Å²) in [6.07, 6.45) is 3.79. The van der Waals surface area contributed by atoms with Crippen molar-refractivity contribution in [1.29, 1.82) is 0 Å². The van der Waals surface area contributed by atoms with Gasteiger partial charge in [0.25, 0.3) is 0 Å². The zero-order chi connectivity index (χ0) is 13.1. The van der Waals surface area contributed by atoms with Crippen molar-refractivity contribution in [2.45, 2.75) is 33.1 Å². The fourth-order valence-electron chi connectivity index (χ4n) is 2.26. The van der Waals surface area contributed by atoms with Crippen LogP contribution in [0.4, 0.5) is 5.69 Å². The Kier molecular flexibility index (Phi) is 4.44. The Labute approximate surface area is 117 Å². The zero-order valence-electron chi connectivity index (χ0n) is 11.1. The van der Waals surface area contributed by atoms with Gasteiger partial charge in [-0.15, -0.1) is 0 Å². The first-order chi connectivity index (χ1) is 8.61. The van der Waals surface area contributed by atoms with Crippen molar-refractivity contribution in [3.63, 3.8) is 0 Å². The van der Waals surface area contributed by atoms with Gasteiger partial charge in [0.1, 0.15) is 0 Å². The second-order valence-electron chi connectivity index (χ2n) is 5.11. The first-order valence-corrected chi connectivity index (χ1v) is 7.46. The van der Waals surface area contributed by atoms with Crippen molar-refractivity contribution in [3.05, 3.63) is 28.2 Å². The van der Waals surface area contributed by atoms with E-state index in [0.29, 0.717) is 0 Å². The molecule has 0 unspecified atom stereocenters. The fraction of sp³-hybridized carbons (Fsp3) is 0.533. The number of halogens is 1. The molecule has 0 radical (unpaired) electrons. The lowest BCUT2D eigenvalue weighted by Crippen LogP contribution is -2.28. The van der Waals surface area contributed by atoms with Gasteiger partial charge in [0.05, 0.1) is 0 Å². The molecule has 0 amide bonds. The van der Waals surface area contributed by atoms with E-state index in [9.17, 15) is 4.79 Å². The molecule has 18 heavy (non-hydrogen) atoms. The molecule has 0 bridgehead atoms. The maximum Gasteiger partial charge on any atom is 0.161 e. The van der Waals surface area contributed by atoms with E-state index >= 15 is 0 Å². The first-order valence-electron chi connectivity index (χ1n) is 6.67. The summed E-state index contributed by atoms with van der Waals surface area (Å²) in [5.74, 6) is 0.975. The van der Waals surface area contributed by atoms with E-state index in [1.54, 1.807) is 6.92 Å². The van der Waals surface area contributed by atoms with Gasteiger partial charge in [-0.1, -0.05) is 22.9 Å². The molecule has 0 spiro atoms. The average molecular weight is 310 g/mol. The molecule has 2 nitrogen and oxygen atoms in total. The summed E-state index contributed by atoms with van der Waals surface area (Å²) in [6.45, 7) is 5.95. The maximum absolute atomic E-state index is 11.8. The standard InChI is InChI=1S/C15H20BrNO/c1-3-8-17(10-12-4-5-12)15-7-6-13(16)9-14(15)11(2)18/h6-7,9,12H,3-5,8,10H2,1-2H3.